The Labute approximate surface area is 273 Å². The van der Waals surface area contributed by atoms with Gasteiger partial charge in [-0.15, -0.1) is 0 Å². The van der Waals surface area contributed by atoms with E-state index in [0.717, 1.165) is 29.1 Å². The molecule has 0 atom stereocenters. The van der Waals surface area contributed by atoms with Crippen LogP contribution >= 0.6 is 0 Å². The number of nitrogens with one attached hydrogen (secondary N) is 1. The van der Waals surface area contributed by atoms with Crippen molar-refractivity contribution in [2.45, 2.75) is 44.7 Å². The Balaban J connectivity index is 1.31. The Morgan fingerprint density at radius 3 is 2.47 bits per heavy atom. The predicted octanol–water partition coefficient (Wildman–Crippen LogP) is 3.49. The molecule has 13 nitrogen and oxygen atoms in total. The molecule has 4 aromatic heterocycles. The van der Waals surface area contributed by atoms with E-state index >= 15 is 0 Å². The van der Waals surface area contributed by atoms with E-state index in [4.69, 9.17) is 14.5 Å². The third kappa shape index (κ3) is 6.75. The lowest BCUT2D eigenvalue weighted by Crippen LogP contribution is -2.48. The highest BCUT2D eigenvalue weighted by molar-refractivity contribution is 7.89. The van der Waals surface area contributed by atoms with Crippen LogP contribution in [0.5, 0.6) is 11.6 Å². The van der Waals surface area contributed by atoms with Gasteiger partial charge in [-0.1, -0.05) is 37.6 Å². The minimum Gasteiger partial charge on any atom is -0.496 e. The van der Waals surface area contributed by atoms with E-state index in [2.05, 4.69) is 25.0 Å². The lowest BCUT2D eigenvalue weighted by Gasteiger charge is -2.34. The quantitative estimate of drug-likeness (QED) is 0.211. The zero-order chi connectivity index (χ0) is 33.0. The topological polar surface area (TPSA) is 148 Å². The lowest BCUT2D eigenvalue weighted by molar-refractivity contribution is 0.180. The second-order valence-corrected chi connectivity index (χ2v) is 13.2. The molecule has 1 aromatic carbocycles. The SMILES string of the molecule is CCCc1c2nc(-c3cc(S(=O)(=O)N4CCN(Cc5ccccc5OC)CC4)cnc3OCC)[nH]c(=O)c2nn1Cc1ccccn1. The number of fused-ring (bicyclic) bond motifs is 1. The molecule has 1 fully saturated rings. The van der Waals surface area contributed by atoms with E-state index in [-0.39, 0.29) is 34.3 Å². The van der Waals surface area contributed by atoms with E-state index in [9.17, 15) is 13.2 Å². The highest BCUT2D eigenvalue weighted by atomic mass is 32.2. The minimum absolute atomic E-state index is 0.00323. The molecule has 5 heterocycles. The zero-order valence-electron chi connectivity index (χ0n) is 26.7. The maximum atomic E-state index is 13.9. The monoisotopic (exact) mass is 658 g/mol. The van der Waals surface area contributed by atoms with Gasteiger partial charge in [-0.05, 0) is 37.6 Å². The molecule has 1 aliphatic rings. The summed E-state index contributed by atoms with van der Waals surface area (Å²) < 4.78 is 42.3. The molecule has 1 saturated heterocycles. The number of nitrogens with zero attached hydrogens (tertiary/aromatic N) is 7. The van der Waals surface area contributed by atoms with E-state index in [1.54, 1.807) is 24.9 Å². The molecule has 0 saturated carbocycles. The normalized spacial score (nSPS) is 14.4. The first-order chi connectivity index (χ1) is 22.8. The molecule has 6 rings (SSSR count). The van der Waals surface area contributed by atoms with Crippen LogP contribution in [0.15, 0.2) is 70.6 Å². The summed E-state index contributed by atoms with van der Waals surface area (Å²) in [5, 5.41) is 4.59. The van der Waals surface area contributed by atoms with Crippen LogP contribution in [0.4, 0.5) is 0 Å². The predicted molar refractivity (Wildman–Crippen MR) is 177 cm³/mol. The number of benzene rings is 1. The van der Waals surface area contributed by atoms with E-state index < -0.39 is 15.6 Å². The molecule has 0 bridgehead atoms. The zero-order valence-corrected chi connectivity index (χ0v) is 27.5. The van der Waals surface area contributed by atoms with Crippen molar-refractivity contribution in [1.82, 2.24) is 38.9 Å². The summed E-state index contributed by atoms with van der Waals surface area (Å²) >= 11 is 0. The standard InChI is InChI=1S/C33H38N8O5S/c1-4-10-27-29-30(38-41(27)22-24-12-8-9-14-34-24)32(42)37-31(36-29)26-19-25(20-35-33(26)46-5-2)47(43,44)40-17-15-39(16-18-40)21-23-11-6-7-13-28(23)45-3/h6-9,11-14,19-20H,4-5,10,15-18,21-22H2,1-3H3,(H,36,37,42). The summed E-state index contributed by atoms with van der Waals surface area (Å²) in [6.45, 7) is 6.93. The van der Waals surface area contributed by atoms with Crippen molar-refractivity contribution < 1.29 is 17.9 Å². The Morgan fingerprint density at radius 1 is 0.957 bits per heavy atom. The summed E-state index contributed by atoms with van der Waals surface area (Å²) in [6.07, 6.45) is 4.45. The van der Waals surface area contributed by atoms with Gasteiger partial charge in [-0.25, -0.2) is 18.4 Å². The summed E-state index contributed by atoms with van der Waals surface area (Å²) in [5.74, 6) is 1.14. The summed E-state index contributed by atoms with van der Waals surface area (Å²) in [5.41, 5.74) is 3.13. The fourth-order valence-corrected chi connectivity index (χ4v) is 7.19. The minimum atomic E-state index is -3.91. The molecular formula is C33H38N8O5S. The van der Waals surface area contributed by atoms with Gasteiger partial charge < -0.3 is 14.5 Å². The number of H-pyrrole nitrogens is 1. The van der Waals surface area contributed by atoms with Crippen LogP contribution in [0.2, 0.25) is 0 Å². The van der Waals surface area contributed by atoms with Crippen molar-refractivity contribution in [3.63, 3.8) is 0 Å². The fourth-order valence-electron chi connectivity index (χ4n) is 5.80. The largest absolute Gasteiger partial charge is 0.496 e. The van der Waals surface area contributed by atoms with Gasteiger partial charge in [0.15, 0.2) is 5.52 Å². The number of piperazine rings is 1. The molecule has 47 heavy (non-hydrogen) atoms. The third-order valence-electron chi connectivity index (χ3n) is 8.14. The molecule has 1 aliphatic heterocycles. The van der Waals surface area contributed by atoms with Gasteiger partial charge in [0.05, 0.1) is 43.4 Å². The molecule has 0 radical (unpaired) electrons. The van der Waals surface area contributed by atoms with Crippen LogP contribution in [0.25, 0.3) is 22.4 Å². The average Bonchev–Trinajstić information content (AvgIpc) is 3.43. The van der Waals surface area contributed by atoms with Crippen LogP contribution in [-0.2, 0) is 29.5 Å². The van der Waals surface area contributed by atoms with E-state index in [1.807, 2.05) is 49.4 Å². The number of aryl methyl sites for hydroxylation is 1. The van der Waals surface area contributed by atoms with Crippen LogP contribution < -0.4 is 15.0 Å². The Hall–Kier alpha value is -4.66. The first kappa shape index (κ1) is 32.3. The molecule has 0 amide bonds. The number of para-hydroxylation sites is 1. The summed E-state index contributed by atoms with van der Waals surface area (Å²) in [6, 6.07) is 15.0. The summed E-state index contributed by atoms with van der Waals surface area (Å²) in [4.78, 5) is 32.0. The van der Waals surface area contributed by atoms with Gasteiger partial charge in [0.1, 0.15) is 22.0 Å². The first-order valence-corrected chi connectivity index (χ1v) is 17.1. The Kier molecular flexibility index (Phi) is 9.61. The van der Waals surface area contributed by atoms with Crippen LogP contribution in [0, 0.1) is 0 Å². The van der Waals surface area contributed by atoms with Gasteiger partial charge in [0, 0.05) is 44.5 Å². The van der Waals surface area contributed by atoms with Crippen molar-refractivity contribution in [3.8, 4) is 23.0 Å². The van der Waals surface area contributed by atoms with Crippen molar-refractivity contribution >= 4 is 21.1 Å². The van der Waals surface area contributed by atoms with Crippen LogP contribution in [-0.4, -0.2) is 87.2 Å². The molecule has 1 N–H and O–H groups in total. The molecule has 14 heteroatoms. The number of rotatable bonds is 12. The van der Waals surface area contributed by atoms with Gasteiger partial charge in [-0.3, -0.25) is 19.4 Å². The third-order valence-corrected chi connectivity index (χ3v) is 10.0. The van der Waals surface area contributed by atoms with Crippen LogP contribution in [0.1, 0.15) is 37.2 Å². The molecule has 246 valence electrons. The molecule has 0 aliphatic carbocycles. The number of methoxy groups -OCH3 is 1. The highest BCUT2D eigenvalue weighted by Gasteiger charge is 2.30. The number of hydrogen-bond acceptors (Lipinski definition) is 10. The summed E-state index contributed by atoms with van der Waals surface area (Å²) in [7, 11) is -2.27. The van der Waals surface area contributed by atoms with Crippen molar-refractivity contribution in [1.29, 1.82) is 0 Å². The highest BCUT2D eigenvalue weighted by Crippen LogP contribution is 2.31. The molecule has 5 aromatic rings. The van der Waals surface area contributed by atoms with E-state index in [0.29, 0.717) is 51.2 Å². The Bertz CT molecular complexity index is 2020. The number of hydrogen-bond donors (Lipinski definition) is 1. The number of aromatic nitrogens is 6. The lowest BCUT2D eigenvalue weighted by atomic mass is 10.2. The number of ether oxygens (including phenoxy) is 2. The van der Waals surface area contributed by atoms with E-state index in [1.165, 1.54) is 16.6 Å². The fraction of sp³-hybridized carbons (Fsp3) is 0.364. The molecule has 0 unspecified atom stereocenters. The van der Waals surface area contributed by atoms with Crippen molar-refractivity contribution in [2.24, 2.45) is 0 Å². The van der Waals surface area contributed by atoms with Gasteiger partial charge in [0.2, 0.25) is 15.9 Å². The van der Waals surface area contributed by atoms with Crippen LogP contribution in [0.3, 0.4) is 0 Å². The smallest absolute Gasteiger partial charge is 0.279 e. The van der Waals surface area contributed by atoms with Crippen molar-refractivity contribution in [3.05, 3.63) is 88.2 Å². The number of pyridine rings is 2. The van der Waals surface area contributed by atoms with Gasteiger partial charge >= 0.3 is 0 Å². The number of aromatic amines is 1. The second-order valence-electron chi connectivity index (χ2n) is 11.2. The van der Waals surface area contributed by atoms with Gasteiger partial charge in [0.25, 0.3) is 5.56 Å². The first-order valence-electron chi connectivity index (χ1n) is 15.7. The van der Waals surface area contributed by atoms with Gasteiger partial charge in [-0.2, -0.15) is 9.40 Å². The molecule has 0 spiro atoms. The number of sulfonamides is 1. The Morgan fingerprint density at radius 2 is 1.74 bits per heavy atom. The van der Waals surface area contributed by atoms with Crippen molar-refractivity contribution in [2.75, 3.05) is 39.9 Å². The maximum absolute atomic E-state index is 13.9. The maximum Gasteiger partial charge on any atom is 0.279 e. The second kappa shape index (κ2) is 14.0. The molecular weight excluding hydrogens is 620 g/mol. The average molecular weight is 659 g/mol.